The third kappa shape index (κ3) is 3.21. The predicted molar refractivity (Wildman–Crippen MR) is 100 cm³/mol. The van der Waals surface area contributed by atoms with Crippen molar-refractivity contribution in [1.82, 2.24) is 9.80 Å². The van der Waals surface area contributed by atoms with Crippen LogP contribution in [0.1, 0.15) is 30.4 Å². The molecule has 2 fully saturated rings. The molecule has 1 aromatic carbocycles. The summed E-state index contributed by atoms with van der Waals surface area (Å²) < 4.78 is 0. The monoisotopic (exact) mass is 369 g/mol. The van der Waals surface area contributed by atoms with Crippen molar-refractivity contribution >= 4 is 23.6 Å². The summed E-state index contributed by atoms with van der Waals surface area (Å²) in [6.07, 6.45) is 4.00. The molecule has 0 aromatic heterocycles. The van der Waals surface area contributed by atoms with Gasteiger partial charge in [-0.3, -0.25) is 9.59 Å². The Balaban J connectivity index is 1.40. The third-order valence-corrected chi connectivity index (χ3v) is 6.78. The molecule has 0 bridgehead atoms. The lowest BCUT2D eigenvalue weighted by Gasteiger charge is -2.29. The Morgan fingerprint density at radius 2 is 1.92 bits per heavy atom. The van der Waals surface area contributed by atoms with E-state index in [4.69, 9.17) is 0 Å². The van der Waals surface area contributed by atoms with Crippen molar-refractivity contribution < 1.29 is 9.59 Å². The van der Waals surface area contributed by atoms with Gasteiger partial charge in [0.1, 0.15) is 12.1 Å². The van der Waals surface area contributed by atoms with Crippen LogP contribution in [0.4, 0.5) is 0 Å². The second-order valence-electron chi connectivity index (χ2n) is 7.45. The van der Waals surface area contributed by atoms with Crippen LogP contribution in [0.2, 0.25) is 0 Å². The zero-order chi connectivity index (χ0) is 18.1. The summed E-state index contributed by atoms with van der Waals surface area (Å²) in [5, 5.41) is 9.24. The summed E-state index contributed by atoms with van der Waals surface area (Å²) in [5.41, 5.74) is 2.70. The van der Waals surface area contributed by atoms with E-state index in [1.54, 1.807) is 21.6 Å². The minimum absolute atomic E-state index is 0.0397. The summed E-state index contributed by atoms with van der Waals surface area (Å²) in [4.78, 5) is 29.3. The van der Waals surface area contributed by atoms with E-state index in [1.165, 1.54) is 11.1 Å². The van der Waals surface area contributed by atoms with Crippen LogP contribution in [0, 0.1) is 17.2 Å². The molecule has 0 saturated carbocycles. The van der Waals surface area contributed by atoms with Crippen molar-refractivity contribution in [2.75, 3.05) is 18.2 Å². The molecular weight excluding hydrogens is 346 g/mol. The fraction of sp³-hybridized carbons (Fsp3) is 0.550. The van der Waals surface area contributed by atoms with Gasteiger partial charge in [-0.2, -0.15) is 5.26 Å². The Morgan fingerprint density at radius 1 is 1.19 bits per heavy atom. The minimum Gasteiger partial charge on any atom is -0.331 e. The highest BCUT2D eigenvalue weighted by Gasteiger charge is 2.40. The van der Waals surface area contributed by atoms with Gasteiger partial charge in [-0.15, -0.1) is 11.8 Å². The molecule has 5 nitrogen and oxygen atoms in total. The number of thioether (sulfide) groups is 1. The molecule has 0 N–H and O–H groups in total. The molecule has 0 spiro atoms. The number of nitriles is 1. The molecule has 6 heteroatoms. The zero-order valence-electron chi connectivity index (χ0n) is 14.8. The highest BCUT2D eigenvalue weighted by atomic mass is 32.2. The van der Waals surface area contributed by atoms with Crippen LogP contribution >= 0.6 is 11.8 Å². The van der Waals surface area contributed by atoms with Gasteiger partial charge in [0.05, 0.1) is 11.9 Å². The van der Waals surface area contributed by atoms with Gasteiger partial charge in [0.2, 0.25) is 11.8 Å². The Bertz CT molecular complexity index is 735. The first-order valence-corrected chi connectivity index (χ1v) is 10.5. The van der Waals surface area contributed by atoms with Crippen molar-refractivity contribution in [2.24, 2.45) is 5.92 Å². The molecule has 0 unspecified atom stereocenters. The molecule has 3 aliphatic rings. The number of hydrogen-bond acceptors (Lipinski definition) is 4. The van der Waals surface area contributed by atoms with E-state index in [0.29, 0.717) is 30.5 Å². The number of hydrogen-bond donors (Lipinski definition) is 0. The normalized spacial score (nSPS) is 25.3. The lowest BCUT2D eigenvalue weighted by atomic mass is 10.0. The molecule has 2 saturated heterocycles. The first kappa shape index (κ1) is 17.4. The largest absolute Gasteiger partial charge is 0.331 e. The van der Waals surface area contributed by atoms with Gasteiger partial charge in [-0.05, 0) is 42.7 Å². The number of fused-ring (bicyclic) bond motifs is 1. The van der Waals surface area contributed by atoms with Crippen molar-refractivity contribution in [3.8, 4) is 6.07 Å². The summed E-state index contributed by atoms with van der Waals surface area (Å²) >= 11 is 1.61. The van der Waals surface area contributed by atoms with Gasteiger partial charge in [0.15, 0.2) is 0 Å². The van der Waals surface area contributed by atoms with E-state index in [0.717, 1.165) is 25.7 Å². The lowest BCUT2D eigenvalue weighted by molar-refractivity contribution is -0.144. The summed E-state index contributed by atoms with van der Waals surface area (Å²) in [6.45, 7) is 0.660. The number of carbonyl (C=O) groups excluding carboxylic acids is 2. The molecule has 1 aliphatic carbocycles. The van der Waals surface area contributed by atoms with E-state index in [-0.39, 0.29) is 23.9 Å². The Kier molecular flexibility index (Phi) is 4.90. The summed E-state index contributed by atoms with van der Waals surface area (Å²) in [7, 11) is 0. The number of carbonyl (C=O) groups is 2. The van der Waals surface area contributed by atoms with Gasteiger partial charge >= 0.3 is 0 Å². The van der Waals surface area contributed by atoms with E-state index >= 15 is 0 Å². The van der Waals surface area contributed by atoms with Crippen LogP contribution in [0.3, 0.4) is 0 Å². The fourth-order valence-electron chi connectivity index (χ4n) is 4.44. The zero-order valence-corrected chi connectivity index (χ0v) is 15.6. The number of benzene rings is 1. The molecule has 4 rings (SSSR count). The van der Waals surface area contributed by atoms with Crippen molar-refractivity contribution in [3.05, 3.63) is 35.4 Å². The highest BCUT2D eigenvalue weighted by molar-refractivity contribution is 7.99. The van der Waals surface area contributed by atoms with Gasteiger partial charge in [0, 0.05) is 18.7 Å². The summed E-state index contributed by atoms with van der Waals surface area (Å²) in [6, 6.07) is 9.89. The molecular formula is C20H23N3O2S. The van der Waals surface area contributed by atoms with Crippen LogP contribution in [-0.2, 0) is 22.4 Å². The second-order valence-corrected chi connectivity index (χ2v) is 8.44. The third-order valence-electron chi connectivity index (χ3n) is 5.77. The first-order valence-electron chi connectivity index (χ1n) is 9.31. The maximum Gasteiger partial charge on any atom is 0.247 e. The van der Waals surface area contributed by atoms with E-state index in [2.05, 4.69) is 30.3 Å². The molecule has 26 heavy (non-hydrogen) atoms. The Morgan fingerprint density at radius 3 is 2.62 bits per heavy atom. The Labute approximate surface area is 158 Å². The molecule has 0 radical (unpaired) electrons. The van der Waals surface area contributed by atoms with Crippen LogP contribution in [0.15, 0.2) is 24.3 Å². The number of likely N-dealkylation sites (tertiary alicyclic amines) is 1. The van der Waals surface area contributed by atoms with Crippen LogP contribution < -0.4 is 0 Å². The average molecular weight is 369 g/mol. The van der Waals surface area contributed by atoms with E-state index in [1.807, 2.05) is 0 Å². The maximum atomic E-state index is 12.9. The first-order chi connectivity index (χ1) is 12.7. The molecule has 2 atom stereocenters. The SMILES string of the molecule is N#C[C@@H]1CSCN1C(=O)[C@H]1CCCN1C(=O)CC1Cc2ccccc2C1. The maximum absolute atomic E-state index is 12.9. The van der Waals surface area contributed by atoms with Crippen LogP contribution in [0.5, 0.6) is 0 Å². The van der Waals surface area contributed by atoms with Gasteiger partial charge in [-0.1, -0.05) is 24.3 Å². The quantitative estimate of drug-likeness (QED) is 0.819. The molecule has 2 aliphatic heterocycles. The van der Waals surface area contributed by atoms with Gasteiger partial charge < -0.3 is 9.80 Å². The number of nitrogens with zero attached hydrogens (tertiary/aromatic N) is 3. The van der Waals surface area contributed by atoms with Crippen molar-refractivity contribution in [3.63, 3.8) is 0 Å². The molecule has 1 aromatic rings. The van der Waals surface area contributed by atoms with Crippen molar-refractivity contribution in [1.29, 1.82) is 5.26 Å². The predicted octanol–water partition coefficient (Wildman–Crippen LogP) is 2.21. The smallest absolute Gasteiger partial charge is 0.247 e. The fourth-order valence-corrected chi connectivity index (χ4v) is 5.53. The van der Waals surface area contributed by atoms with Crippen molar-refractivity contribution in [2.45, 2.75) is 44.2 Å². The molecule has 136 valence electrons. The Hall–Kier alpha value is -2.00. The van der Waals surface area contributed by atoms with Gasteiger partial charge in [-0.25, -0.2) is 0 Å². The van der Waals surface area contributed by atoms with Crippen LogP contribution in [-0.4, -0.2) is 51.9 Å². The lowest BCUT2D eigenvalue weighted by Crippen LogP contribution is -2.49. The number of amides is 2. The van der Waals surface area contributed by atoms with Gasteiger partial charge in [0.25, 0.3) is 0 Å². The number of rotatable bonds is 3. The molecule has 2 amide bonds. The summed E-state index contributed by atoms with van der Waals surface area (Å²) in [5.74, 6) is 1.63. The standard InChI is InChI=1S/C20H23N3O2S/c21-11-17-12-26-13-23(17)20(25)18-6-3-7-22(18)19(24)10-14-8-15-4-1-2-5-16(15)9-14/h1-2,4-5,14,17-18H,3,6-10,12-13H2/t17-,18-/m1/s1. The minimum atomic E-state index is -0.374. The van der Waals surface area contributed by atoms with E-state index in [9.17, 15) is 14.9 Å². The second kappa shape index (κ2) is 7.32. The average Bonchev–Trinajstić information content (AvgIpc) is 3.38. The molecule has 2 heterocycles. The van der Waals surface area contributed by atoms with Crippen LogP contribution in [0.25, 0.3) is 0 Å². The topological polar surface area (TPSA) is 64.4 Å². The highest BCUT2D eigenvalue weighted by Crippen LogP contribution is 2.31. The van der Waals surface area contributed by atoms with E-state index < -0.39 is 0 Å².